The zero-order chi connectivity index (χ0) is 23.3. The van der Waals surface area contributed by atoms with E-state index in [1.54, 1.807) is 6.92 Å². The van der Waals surface area contributed by atoms with E-state index < -0.39 is 6.04 Å². The van der Waals surface area contributed by atoms with Crippen molar-refractivity contribution < 1.29 is 4.79 Å². The number of Topliss-reactive ketones (excluding diaryl/α,β-unsaturated/α-hetero) is 1. The van der Waals surface area contributed by atoms with Crippen LogP contribution >= 0.6 is 0 Å². The quantitative estimate of drug-likeness (QED) is 0.369. The molecule has 0 aliphatic carbocycles. The van der Waals surface area contributed by atoms with Crippen LogP contribution in [0.2, 0.25) is 0 Å². The van der Waals surface area contributed by atoms with Crippen LogP contribution in [0, 0.1) is 20.8 Å². The lowest BCUT2D eigenvalue weighted by atomic mass is 10.00. The Balaban J connectivity index is 1.72. The summed E-state index contributed by atoms with van der Waals surface area (Å²) >= 11 is 0. The second-order valence-corrected chi connectivity index (χ2v) is 8.55. The molecule has 2 aromatic heterocycles. The molecule has 0 saturated heterocycles. The third-order valence-electron chi connectivity index (χ3n) is 6.27. The van der Waals surface area contributed by atoms with Gasteiger partial charge in [-0.3, -0.25) is 9.36 Å². The van der Waals surface area contributed by atoms with E-state index in [-0.39, 0.29) is 11.5 Å². The summed E-state index contributed by atoms with van der Waals surface area (Å²) in [5.74, 6) is 0.353. The van der Waals surface area contributed by atoms with Crippen molar-refractivity contribution in [1.29, 1.82) is 0 Å². The van der Waals surface area contributed by atoms with Gasteiger partial charge < -0.3 is 0 Å². The number of nitrogens with zero attached hydrogens (tertiary/aromatic N) is 4. The maximum absolute atomic E-state index is 13.6. The summed E-state index contributed by atoms with van der Waals surface area (Å²) in [6.07, 6.45) is 0. The molecule has 33 heavy (non-hydrogen) atoms. The molecular weight excluding hydrogens is 412 g/mol. The lowest BCUT2D eigenvalue weighted by molar-refractivity contribution is 0.0934. The molecule has 0 radical (unpaired) electrons. The molecule has 0 unspecified atom stereocenters. The first-order chi connectivity index (χ1) is 15.8. The summed E-state index contributed by atoms with van der Waals surface area (Å²) in [6, 6.07) is 20.3. The number of rotatable bonds is 4. The predicted octanol–water partition coefficient (Wildman–Crippen LogP) is 5.08. The molecule has 5 aromatic rings. The number of hydrogen-bond acceptors (Lipinski definition) is 4. The van der Waals surface area contributed by atoms with Crippen molar-refractivity contribution >= 4 is 22.3 Å². The van der Waals surface area contributed by atoms with Gasteiger partial charge in [-0.15, -0.1) is 5.10 Å². The molecule has 0 spiro atoms. The first-order valence-corrected chi connectivity index (χ1v) is 10.9. The summed E-state index contributed by atoms with van der Waals surface area (Å²) in [4.78, 5) is 31.7. The number of aromatic nitrogens is 4. The molecule has 0 N–H and O–H groups in total. The molecule has 0 bridgehead atoms. The minimum atomic E-state index is -0.707. The van der Waals surface area contributed by atoms with Crippen LogP contribution in [0.25, 0.3) is 27.9 Å². The Morgan fingerprint density at radius 1 is 0.909 bits per heavy atom. The van der Waals surface area contributed by atoms with E-state index in [9.17, 15) is 9.59 Å². The van der Waals surface area contributed by atoms with E-state index >= 15 is 0 Å². The Hall–Kier alpha value is -4.06. The van der Waals surface area contributed by atoms with Crippen molar-refractivity contribution in [3.63, 3.8) is 0 Å². The molecule has 0 saturated carbocycles. The molecule has 0 aliphatic heterocycles. The van der Waals surface area contributed by atoms with Gasteiger partial charge in [0.2, 0.25) is 0 Å². The van der Waals surface area contributed by atoms with E-state index in [1.165, 1.54) is 9.08 Å². The Morgan fingerprint density at radius 2 is 1.64 bits per heavy atom. The van der Waals surface area contributed by atoms with Crippen LogP contribution < -0.4 is 5.69 Å². The highest BCUT2D eigenvalue weighted by molar-refractivity contribution is 6.00. The van der Waals surface area contributed by atoms with Crippen molar-refractivity contribution in [2.75, 3.05) is 0 Å². The highest BCUT2D eigenvalue weighted by Crippen LogP contribution is 2.25. The fourth-order valence-electron chi connectivity index (χ4n) is 4.15. The summed E-state index contributed by atoms with van der Waals surface area (Å²) in [6.45, 7) is 7.76. The van der Waals surface area contributed by atoms with E-state index in [1.807, 2.05) is 87.5 Å². The van der Waals surface area contributed by atoms with Gasteiger partial charge in [-0.05, 0) is 57.0 Å². The molecule has 0 fully saturated rings. The number of para-hydroxylation sites is 1. The van der Waals surface area contributed by atoms with Gasteiger partial charge in [0.1, 0.15) is 0 Å². The van der Waals surface area contributed by atoms with Crippen LogP contribution in [0.4, 0.5) is 0 Å². The van der Waals surface area contributed by atoms with Crippen molar-refractivity contribution in [1.82, 2.24) is 19.2 Å². The minimum Gasteiger partial charge on any atom is -0.292 e. The molecule has 1 atom stereocenters. The summed E-state index contributed by atoms with van der Waals surface area (Å²) in [7, 11) is 0. The Kier molecular flexibility index (Phi) is 4.93. The maximum atomic E-state index is 13.6. The number of ketones is 1. The molecule has 0 amide bonds. The topological polar surface area (TPSA) is 69.3 Å². The van der Waals surface area contributed by atoms with Gasteiger partial charge in [0, 0.05) is 16.5 Å². The largest absolute Gasteiger partial charge is 0.351 e. The van der Waals surface area contributed by atoms with E-state index in [0.29, 0.717) is 22.6 Å². The highest BCUT2D eigenvalue weighted by Gasteiger charge is 2.24. The van der Waals surface area contributed by atoms with Gasteiger partial charge in [-0.2, -0.15) is 4.52 Å². The number of carbonyl (C=O) groups excluding carboxylic acids is 1. The Labute approximate surface area is 191 Å². The third kappa shape index (κ3) is 3.44. The van der Waals surface area contributed by atoms with Crippen LogP contribution in [-0.4, -0.2) is 24.9 Å². The van der Waals surface area contributed by atoms with E-state index in [2.05, 4.69) is 10.1 Å². The van der Waals surface area contributed by atoms with Crippen molar-refractivity contribution in [2.45, 2.75) is 33.7 Å². The highest BCUT2D eigenvalue weighted by atomic mass is 16.2. The van der Waals surface area contributed by atoms with Crippen LogP contribution in [0.15, 0.2) is 71.5 Å². The van der Waals surface area contributed by atoms with E-state index in [4.69, 9.17) is 0 Å². The van der Waals surface area contributed by atoms with Crippen molar-refractivity contribution in [3.8, 4) is 11.4 Å². The van der Waals surface area contributed by atoms with Crippen molar-refractivity contribution in [2.24, 2.45) is 0 Å². The van der Waals surface area contributed by atoms with Crippen LogP contribution in [0.3, 0.4) is 0 Å². The number of fused-ring (bicyclic) bond motifs is 3. The lowest BCUT2D eigenvalue weighted by Gasteiger charge is -2.17. The van der Waals surface area contributed by atoms with Gasteiger partial charge in [0.25, 0.3) is 0 Å². The molecule has 0 aliphatic rings. The number of carbonyl (C=O) groups is 1. The van der Waals surface area contributed by atoms with E-state index in [0.717, 1.165) is 27.6 Å². The molecule has 6 heteroatoms. The smallest absolute Gasteiger partial charge is 0.292 e. The first-order valence-electron chi connectivity index (χ1n) is 10.9. The van der Waals surface area contributed by atoms with Gasteiger partial charge in [0.05, 0.1) is 11.6 Å². The summed E-state index contributed by atoms with van der Waals surface area (Å²) < 4.78 is 2.83. The standard InChI is InChI=1S/C27H24N4O2/c1-16-9-12-20(13-10-16)25-28-26-22-7-5-6-8-23(22)30(27(33)31(26)29-25)19(4)24(32)21-14-11-17(2)18(3)15-21/h5-15,19H,1-4H3/t19-/m0/s1. The number of hydrogen-bond donors (Lipinski definition) is 0. The SMILES string of the molecule is Cc1ccc(-c2nc3c4ccccc4n([C@@H](C)C(=O)c4ccc(C)c(C)c4)c(=O)n3n2)cc1. The minimum absolute atomic E-state index is 0.122. The molecule has 6 nitrogen and oxygen atoms in total. The first kappa shape index (κ1) is 20.8. The van der Waals surface area contributed by atoms with Gasteiger partial charge in [-0.25, -0.2) is 9.78 Å². The fourth-order valence-corrected chi connectivity index (χ4v) is 4.15. The zero-order valence-electron chi connectivity index (χ0n) is 19.0. The van der Waals surface area contributed by atoms with Gasteiger partial charge in [-0.1, -0.05) is 54.1 Å². The average Bonchev–Trinajstić information content (AvgIpc) is 3.27. The van der Waals surface area contributed by atoms with Crippen LogP contribution in [0.1, 0.15) is 40.0 Å². The second kappa shape index (κ2) is 7.81. The van der Waals surface area contributed by atoms with Crippen LogP contribution in [0.5, 0.6) is 0 Å². The molecule has 3 aromatic carbocycles. The van der Waals surface area contributed by atoms with Crippen molar-refractivity contribution in [3.05, 3.63) is 99.5 Å². The van der Waals surface area contributed by atoms with Crippen LogP contribution in [-0.2, 0) is 0 Å². The molecule has 164 valence electrons. The zero-order valence-corrected chi connectivity index (χ0v) is 19.0. The normalized spacial score (nSPS) is 12.4. The Bertz CT molecular complexity index is 1590. The van der Waals surface area contributed by atoms with Gasteiger partial charge >= 0.3 is 5.69 Å². The average molecular weight is 437 g/mol. The predicted molar refractivity (Wildman–Crippen MR) is 130 cm³/mol. The lowest BCUT2D eigenvalue weighted by Crippen LogP contribution is -2.33. The summed E-state index contributed by atoms with van der Waals surface area (Å²) in [5.41, 5.74) is 5.46. The second-order valence-electron chi connectivity index (χ2n) is 8.55. The maximum Gasteiger partial charge on any atom is 0.351 e. The number of benzene rings is 3. The Morgan fingerprint density at radius 3 is 2.36 bits per heavy atom. The monoisotopic (exact) mass is 436 g/mol. The summed E-state index contributed by atoms with van der Waals surface area (Å²) in [5, 5.41) is 5.29. The third-order valence-corrected chi connectivity index (χ3v) is 6.27. The molecular formula is C27H24N4O2. The fraction of sp³-hybridized carbons (Fsp3) is 0.185. The molecule has 5 rings (SSSR count). The number of aryl methyl sites for hydroxylation is 3. The molecule has 2 heterocycles. The van der Waals surface area contributed by atoms with Gasteiger partial charge in [0.15, 0.2) is 17.3 Å².